The lowest BCUT2D eigenvalue weighted by Gasteiger charge is -2.06. The predicted molar refractivity (Wildman–Crippen MR) is 61.8 cm³/mol. The molecule has 0 amide bonds. The molecule has 4 nitrogen and oxygen atoms in total. The fourth-order valence-electron chi connectivity index (χ4n) is 1.55. The molecule has 2 aromatic rings. The summed E-state index contributed by atoms with van der Waals surface area (Å²) in [7, 11) is -2.97. The molecule has 17 heavy (non-hydrogen) atoms. The van der Waals surface area contributed by atoms with Gasteiger partial charge in [0.25, 0.3) is 0 Å². The van der Waals surface area contributed by atoms with Gasteiger partial charge < -0.3 is 10.00 Å². The van der Waals surface area contributed by atoms with Crippen molar-refractivity contribution in [3.8, 4) is 22.6 Å². The Kier molecular flexibility index (Phi) is 3.38. The van der Waals surface area contributed by atoms with Crippen LogP contribution < -0.4 is 9.42 Å². The minimum atomic E-state index is -2.97. The highest BCUT2D eigenvalue weighted by Crippen LogP contribution is 2.37. The van der Waals surface area contributed by atoms with E-state index in [1.165, 1.54) is 12.1 Å². The van der Waals surface area contributed by atoms with Crippen molar-refractivity contribution in [3.63, 3.8) is 0 Å². The van der Waals surface area contributed by atoms with Crippen molar-refractivity contribution in [2.24, 2.45) is 0 Å². The summed E-state index contributed by atoms with van der Waals surface area (Å²) < 4.78 is 15.3. The zero-order valence-corrected chi connectivity index (χ0v) is 9.63. The molecule has 2 aromatic carbocycles. The summed E-state index contributed by atoms with van der Waals surface area (Å²) in [5.74, 6) is 0.273. The highest BCUT2D eigenvalue weighted by molar-refractivity contribution is 7.31. The molecule has 0 bridgehead atoms. The smallest absolute Gasteiger partial charge is 0.539 e. The number of para-hydroxylation sites is 2. The van der Waals surface area contributed by atoms with Gasteiger partial charge in [0, 0.05) is 11.1 Å². The van der Waals surface area contributed by atoms with E-state index in [1.54, 1.807) is 36.4 Å². The van der Waals surface area contributed by atoms with E-state index in [2.05, 4.69) is 0 Å². The Balaban J connectivity index is 2.52. The van der Waals surface area contributed by atoms with Gasteiger partial charge in [-0.15, -0.1) is 0 Å². The van der Waals surface area contributed by atoms with Gasteiger partial charge in [-0.3, -0.25) is 4.52 Å². The molecule has 1 unspecified atom stereocenters. The summed E-state index contributed by atoms with van der Waals surface area (Å²) in [6.07, 6.45) is 0. The predicted octanol–water partition coefficient (Wildman–Crippen LogP) is 2.46. The molecule has 0 saturated carbocycles. The van der Waals surface area contributed by atoms with Crippen LogP contribution in [0.2, 0.25) is 0 Å². The fourth-order valence-corrected chi connectivity index (χ4v) is 1.87. The van der Waals surface area contributed by atoms with Crippen molar-refractivity contribution in [2.75, 3.05) is 0 Å². The molecule has 0 fully saturated rings. The Morgan fingerprint density at radius 1 is 1.00 bits per heavy atom. The van der Waals surface area contributed by atoms with Crippen LogP contribution in [-0.2, 0) is 4.57 Å². The monoisotopic (exact) mass is 248 g/mol. The Labute approximate surface area is 99.1 Å². The molecule has 0 aliphatic rings. The third-order valence-electron chi connectivity index (χ3n) is 2.25. The maximum absolute atomic E-state index is 10.6. The largest absolute Gasteiger partial charge is 0.558 e. The fraction of sp³-hybridized carbons (Fsp3) is 0. The third kappa shape index (κ3) is 2.61. The van der Waals surface area contributed by atoms with Gasteiger partial charge in [0.05, 0.1) is 0 Å². The standard InChI is InChI=1S/C12H9O4P/c13-11-7-3-1-5-9(11)10-6-2-4-8-12(10)16-17(14)15/h1-8,13H. The van der Waals surface area contributed by atoms with Gasteiger partial charge >= 0.3 is 8.25 Å². The first-order valence-electron chi connectivity index (χ1n) is 4.88. The molecular weight excluding hydrogens is 239 g/mol. The second kappa shape index (κ2) is 4.95. The van der Waals surface area contributed by atoms with Crippen LogP contribution in [0.4, 0.5) is 0 Å². The van der Waals surface area contributed by atoms with Crippen molar-refractivity contribution in [2.45, 2.75) is 0 Å². The van der Waals surface area contributed by atoms with Crippen LogP contribution in [0.1, 0.15) is 0 Å². The quantitative estimate of drug-likeness (QED) is 0.847. The molecule has 0 spiro atoms. The minimum Gasteiger partial charge on any atom is -0.558 e. The van der Waals surface area contributed by atoms with Crippen molar-refractivity contribution in [1.82, 2.24) is 0 Å². The third-order valence-corrected chi connectivity index (χ3v) is 2.60. The van der Waals surface area contributed by atoms with Crippen LogP contribution in [0.15, 0.2) is 48.5 Å². The van der Waals surface area contributed by atoms with Crippen molar-refractivity contribution in [1.29, 1.82) is 0 Å². The van der Waals surface area contributed by atoms with Crippen LogP contribution in [-0.4, -0.2) is 5.11 Å². The van der Waals surface area contributed by atoms with Gasteiger partial charge in [-0.2, -0.15) is 0 Å². The summed E-state index contributed by atoms with van der Waals surface area (Å²) in [5, 5.41) is 9.72. The van der Waals surface area contributed by atoms with Crippen molar-refractivity contribution in [3.05, 3.63) is 48.5 Å². The van der Waals surface area contributed by atoms with Crippen LogP contribution in [0.25, 0.3) is 11.1 Å². The lowest BCUT2D eigenvalue weighted by Crippen LogP contribution is -1.94. The van der Waals surface area contributed by atoms with Gasteiger partial charge in [0.15, 0.2) is 5.75 Å². The number of phenols is 1. The number of hydrogen-bond donors (Lipinski definition) is 1. The normalized spacial score (nSPS) is 11.0. The first kappa shape index (κ1) is 11.6. The van der Waals surface area contributed by atoms with Gasteiger partial charge in [-0.05, 0) is 16.7 Å². The Hall–Kier alpha value is -1.90. The van der Waals surface area contributed by atoms with Gasteiger partial charge in [0.1, 0.15) is 5.75 Å². The molecule has 1 N–H and O–H groups in total. The molecule has 0 aromatic heterocycles. The van der Waals surface area contributed by atoms with E-state index in [9.17, 15) is 14.6 Å². The maximum atomic E-state index is 10.6. The average Bonchev–Trinajstić information content (AvgIpc) is 2.30. The van der Waals surface area contributed by atoms with E-state index in [4.69, 9.17) is 4.52 Å². The van der Waals surface area contributed by atoms with Crippen molar-refractivity contribution < 1.29 is 19.1 Å². The summed E-state index contributed by atoms with van der Waals surface area (Å²) >= 11 is 0. The molecule has 5 heteroatoms. The first-order valence-corrected chi connectivity index (χ1v) is 5.98. The number of rotatable bonds is 3. The number of hydrogen-bond acceptors (Lipinski definition) is 4. The van der Waals surface area contributed by atoms with E-state index < -0.39 is 8.25 Å². The molecule has 0 radical (unpaired) electrons. The second-order valence-corrected chi connectivity index (χ2v) is 3.96. The number of benzene rings is 2. The molecule has 0 heterocycles. The highest BCUT2D eigenvalue weighted by atomic mass is 31.1. The zero-order chi connectivity index (χ0) is 12.3. The zero-order valence-electron chi connectivity index (χ0n) is 8.74. The van der Waals surface area contributed by atoms with Crippen LogP contribution in [0, 0.1) is 0 Å². The lowest BCUT2D eigenvalue weighted by molar-refractivity contribution is -0.178. The van der Waals surface area contributed by atoms with Crippen LogP contribution in [0.3, 0.4) is 0 Å². The molecule has 2 rings (SSSR count). The average molecular weight is 248 g/mol. The molecular formula is C12H9O4P. The summed E-state index contributed by atoms with van der Waals surface area (Å²) in [4.78, 5) is 10.6. The van der Waals surface area contributed by atoms with Gasteiger partial charge in [-0.1, -0.05) is 36.4 Å². The van der Waals surface area contributed by atoms with Gasteiger partial charge in [0.2, 0.25) is 0 Å². The van der Waals surface area contributed by atoms with Crippen molar-refractivity contribution >= 4 is 8.25 Å². The molecule has 0 aliphatic heterocycles. The minimum absolute atomic E-state index is 0.0738. The summed E-state index contributed by atoms with van der Waals surface area (Å²) in [6, 6.07) is 13.3. The Bertz CT molecular complexity index is 554. The summed E-state index contributed by atoms with van der Waals surface area (Å²) in [6.45, 7) is 0. The number of aromatic hydroxyl groups is 1. The van der Waals surface area contributed by atoms with Crippen LogP contribution in [0.5, 0.6) is 11.5 Å². The molecule has 1 atom stereocenters. The van der Waals surface area contributed by atoms with E-state index in [0.717, 1.165) is 0 Å². The van der Waals surface area contributed by atoms with E-state index >= 15 is 0 Å². The first-order chi connectivity index (χ1) is 8.18. The molecule has 86 valence electrons. The topological polar surface area (TPSA) is 69.6 Å². The summed E-state index contributed by atoms with van der Waals surface area (Å²) in [5.41, 5.74) is 1.06. The Morgan fingerprint density at radius 3 is 2.24 bits per heavy atom. The van der Waals surface area contributed by atoms with E-state index in [0.29, 0.717) is 11.1 Å². The molecule has 0 aliphatic carbocycles. The lowest BCUT2D eigenvalue weighted by atomic mass is 10.0. The van der Waals surface area contributed by atoms with Gasteiger partial charge in [-0.25, -0.2) is 0 Å². The SMILES string of the molecule is O=[P+]([O-])Oc1ccccc1-c1ccccc1O. The highest BCUT2D eigenvalue weighted by Gasteiger charge is 2.14. The Morgan fingerprint density at radius 2 is 1.59 bits per heavy atom. The van der Waals surface area contributed by atoms with E-state index in [1.807, 2.05) is 0 Å². The van der Waals surface area contributed by atoms with Crippen LogP contribution >= 0.6 is 8.25 Å². The molecule has 0 saturated heterocycles. The number of phenolic OH excluding ortho intramolecular Hbond substituents is 1. The van der Waals surface area contributed by atoms with E-state index in [-0.39, 0.29) is 11.5 Å². The maximum Gasteiger partial charge on any atom is 0.539 e. The second-order valence-electron chi connectivity index (χ2n) is 3.33.